The van der Waals surface area contributed by atoms with Crippen molar-refractivity contribution in [3.63, 3.8) is 0 Å². The first-order valence-electron chi connectivity index (χ1n) is 7.00. The van der Waals surface area contributed by atoms with Gasteiger partial charge in [0.15, 0.2) is 5.13 Å². The van der Waals surface area contributed by atoms with E-state index in [0.29, 0.717) is 6.61 Å². The molecule has 1 N–H and O–H groups in total. The molecule has 2 aromatic heterocycles. The number of nitrogens with zero attached hydrogens (tertiary/aromatic N) is 3. The zero-order valence-corrected chi connectivity index (χ0v) is 13.0. The van der Waals surface area contributed by atoms with Gasteiger partial charge < -0.3 is 10.1 Å². The molecule has 0 spiro atoms. The molecular formula is C15H18N4OS. The topological polar surface area (TPSA) is 52.0 Å². The van der Waals surface area contributed by atoms with Gasteiger partial charge in [0.25, 0.3) is 0 Å². The van der Waals surface area contributed by atoms with Gasteiger partial charge in [-0.25, -0.2) is 4.98 Å². The quantitative estimate of drug-likeness (QED) is 0.760. The van der Waals surface area contributed by atoms with Crippen LogP contribution < -0.4 is 10.1 Å². The molecule has 0 atom stereocenters. The van der Waals surface area contributed by atoms with Gasteiger partial charge in [-0.3, -0.25) is 4.68 Å². The van der Waals surface area contributed by atoms with Gasteiger partial charge in [0.2, 0.25) is 0 Å². The molecule has 0 aliphatic heterocycles. The minimum Gasteiger partial charge on any atom is -0.494 e. The number of nitrogens with one attached hydrogen (secondary N) is 1. The van der Waals surface area contributed by atoms with E-state index in [1.807, 2.05) is 49.1 Å². The Balaban J connectivity index is 1.65. The van der Waals surface area contributed by atoms with Crippen molar-refractivity contribution in [3.8, 4) is 5.75 Å². The van der Waals surface area contributed by atoms with Gasteiger partial charge >= 0.3 is 0 Å². The lowest BCUT2D eigenvalue weighted by Gasteiger charge is -2.02. The monoisotopic (exact) mass is 302 g/mol. The Kier molecular flexibility index (Phi) is 4.06. The fraction of sp³-hybridized carbons (Fsp3) is 0.333. The Morgan fingerprint density at radius 2 is 2.24 bits per heavy atom. The van der Waals surface area contributed by atoms with Crippen molar-refractivity contribution in [1.29, 1.82) is 0 Å². The first-order valence-corrected chi connectivity index (χ1v) is 7.82. The number of fused-ring (bicyclic) bond motifs is 1. The van der Waals surface area contributed by atoms with E-state index >= 15 is 0 Å². The Bertz CT molecular complexity index is 734. The average Bonchev–Trinajstić information content (AvgIpc) is 3.05. The van der Waals surface area contributed by atoms with Gasteiger partial charge in [-0.1, -0.05) is 11.3 Å². The summed E-state index contributed by atoms with van der Waals surface area (Å²) >= 11 is 1.65. The molecule has 0 bridgehead atoms. The summed E-state index contributed by atoms with van der Waals surface area (Å²) in [7, 11) is 1.96. The van der Waals surface area contributed by atoms with E-state index in [1.54, 1.807) is 11.3 Å². The van der Waals surface area contributed by atoms with E-state index in [0.717, 1.165) is 34.1 Å². The molecule has 110 valence electrons. The Labute approximate surface area is 127 Å². The summed E-state index contributed by atoms with van der Waals surface area (Å²) in [6.07, 6.45) is 2.75. The summed E-state index contributed by atoms with van der Waals surface area (Å²) in [4.78, 5) is 4.58. The second-order valence-electron chi connectivity index (χ2n) is 4.70. The second-order valence-corrected chi connectivity index (χ2v) is 5.74. The Morgan fingerprint density at radius 3 is 3.00 bits per heavy atom. The summed E-state index contributed by atoms with van der Waals surface area (Å²) in [6.45, 7) is 3.51. The summed E-state index contributed by atoms with van der Waals surface area (Å²) in [6, 6.07) is 8.05. The highest BCUT2D eigenvalue weighted by Gasteiger charge is 2.05. The van der Waals surface area contributed by atoms with Crippen molar-refractivity contribution in [1.82, 2.24) is 14.8 Å². The van der Waals surface area contributed by atoms with E-state index < -0.39 is 0 Å². The van der Waals surface area contributed by atoms with E-state index in [4.69, 9.17) is 4.74 Å². The smallest absolute Gasteiger partial charge is 0.183 e. The van der Waals surface area contributed by atoms with E-state index in [-0.39, 0.29) is 0 Å². The third kappa shape index (κ3) is 3.16. The van der Waals surface area contributed by atoms with Gasteiger partial charge in [-0.2, -0.15) is 5.10 Å². The van der Waals surface area contributed by atoms with Gasteiger partial charge in [-0.05, 0) is 31.2 Å². The third-order valence-electron chi connectivity index (χ3n) is 3.25. The van der Waals surface area contributed by atoms with Crippen molar-refractivity contribution in [2.45, 2.75) is 13.3 Å². The molecule has 3 rings (SSSR count). The van der Waals surface area contributed by atoms with Crippen LogP contribution in [0, 0.1) is 0 Å². The van der Waals surface area contributed by atoms with Gasteiger partial charge in [0, 0.05) is 31.9 Å². The van der Waals surface area contributed by atoms with Gasteiger partial charge in [0.1, 0.15) is 5.75 Å². The molecule has 0 fully saturated rings. The number of aryl methyl sites for hydroxylation is 1. The lowest BCUT2D eigenvalue weighted by atomic mass is 10.3. The highest BCUT2D eigenvalue weighted by atomic mass is 32.1. The van der Waals surface area contributed by atoms with Crippen LogP contribution in [0.2, 0.25) is 0 Å². The number of hydrogen-bond donors (Lipinski definition) is 1. The molecule has 2 heterocycles. The number of rotatable bonds is 6. The first-order chi connectivity index (χ1) is 10.3. The number of aromatic nitrogens is 3. The van der Waals surface area contributed by atoms with Crippen LogP contribution in [0.25, 0.3) is 10.2 Å². The molecule has 3 aromatic rings. The second kappa shape index (κ2) is 6.13. The molecule has 0 radical (unpaired) electrons. The maximum absolute atomic E-state index is 5.52. The average molecular weight is 302 g/mol. The molecule has 0 aliphatic rings. The van der Waals surface area contributed by atoms with Gasteiger partial charge in [-0.15, -0.1) is 0 Å². The molecule has 0 amide bonds. The SMILES string of the molecule is CCOc1ccc2nc(NCCc3ccnn3C)sc2c1. The number of benzene rings is 1. The zero-order chi connectivity index (χ0) is 14.7. The Hall–Kier alpha value is -2.08. The molecule has 6 heteroatoms. The normalized spacial score (nSPS) is 11.0. The predicted molar refractivity (Wildman–Crippen MR) is 86.2 cm³/mol. The standard InChI is InChI=1S/C15H18N4OS/c1-3-20-12-4-5-13-14(10-12)21-15(18-13)16-8-6-11-7-9-17-19(11)2/h4-5,7,9-10H,3,6,8H2,1-2H3,(H,16,18). The molecular weight excluding hydrogens is 284 g/mol. The van der Waals surface area contributed by atoms with Crippen LogP contribution in [0.15, 0.2) is 30.5 Å². The van der Waals surface area contributed by atoms with Crippen molar-refractivity contribution < 1.29 is 4.74 Å². The molecule has 0 saturated carbocycles. The third-order valence-corrected chi connectivity index (χ3v) is 4.23. The minimum atomic E-state index is 0.681. The first kappa shape index (κ1) is 13.9. The summed E-state index contributed by atoms with van der Waals surface area (Å²) < 4.78 is 8.56. The van der Waals surface area contributed by atoms with Crippen LogP contribution in [-0.4, -0.2) is 27.9 Å². The van der Waals surface area contributed by atoms with Gasteiger partial charge in [0.05, 0.1) is 16.8 Å². The molecule has 0 unspecified atom stereocenters. The molecule has 1 aromatic carbocycles. The van der Waals surface area contributed by atoms with E-state index in [9.17, 15) is 0 Å². The number of anilines is 1. The lowest BCUT2D eigenvalue weighted by Crippen LogP contribution is -2.07. The predicted octanol–water partition coefficient (Wildman–Crippen LogP) is 3.08. The summed E-state index contributed by atoms with van der Waals surface area (Å²) in [5.41, 5.74) is 2.22. The van der Waals surface area contributed by atoms with Crippen molar-refractivity contribution in [2.75, 3.05) is 18.5 Å². The van der Waals surface area contributed by atoms with Crippen LogP contribution in [-0.2, 0) is 13.5 Å². The summed E-state index contributed by atoms with van der Waals surface area (Å²) in [5, 5.41) is 8.49. The van der Waals surface area contributed by atoms with Crippen LogP contribution in [0.4, 0.5) is 5.13 Å². The number of hydrogen-bond acceptors (Lipinski definition) is 5. The molecule has 5 nitrogen and oxygen atoms in total. The summed E-state index contributed by atoms with van der Waals surface area (Å²) in [5.74, 6) is 0.898. The maximum Gasteiger partial charge on any atom is 0.183 e. The van der Waals surface area contributed by atoms with Crippen LogP contribution >= 0.6 is 11.3 Å². The van der Waals surface area contributed by atoms with Crippen molar-refractivity contribution >= 4 is 26.7 Å². The fourth-order valence-corrected chi connectivity index (χ4v) is 3.10. The number of ether oxygens (including phenoxy) is 1. The lowest BCUT2D eigenvalue weighted by molar-refractivity contribution is 0.341. The van der Waals surface area contributed by atoms with Crippen LogP contribution in [0.3, 0.4) is 0 Å². The Morgan fingerprint density at radius 1 is 1.33 bits per heavy atom. The fourth-order valence-electron chi connectivity index (χ4n) is 2.18. The van der Waals surface area contributed by atoms with Crippen molar-refractivity contribution in [2.24, 2.45) is 7.05 Å². The largest absolute Gasteiger partial charge is 0.494 e. The molecule has 21 heavy (non-hydrogen) atoms. The van der Waals surface area contributed by atoms with E-state index in [1.165, 1.54) is 5.69 Å². The van der Waals surface area contributed by atoms with Crippen molar-refractivity contribution in [3.05, 3.63) is 36.2 Å². The van der Waals surface area contributed by atoms with Crippen LogP contribution in [0.5, 0.6) is 5.75 Å². The zero-order valence-electron chi connectivity index (χ0n) is 12.2. The molecule has 0 saturated heterocycles. The minimum absolute atomic E-state index is 0.681. The highest BCUT2D eigenvalue weighted by Crippen LogP contribution is 2.29. The maximum atomic E-state index is 5.52. The number of thiazole rings is 1. The van der Waals surface area contributed by atoms with E-state index in [2.05, 4.69) is 15.4 Å². The highest BCUT2D eigenvalue weighted by molar-refractivity contribution is 7.22. The van der Waals surface area contributed by atoms with Crippen LogP contribution in [0.1, 0.15) is 12.6 Å². The molecule has 0 aliphatic carbocycles.